The number of rotatable bonds is 5. The molecule has 5 nitrogen and oxygen atoms in total. The Morgan fingerprint density at radius 2 is 2.10 bits per heavy atom. The topological polar surface area (TPSA) is 75.0 Å². The molecule has 0 bridgehead atoms. The molecule has 0 radical (unpaired) electrons. The summed E-state index contributed by atoms with van der Waals surface area (Å²) >= 11 is 0. The zero-order chi connectivity index (χ0) is 15.1. The van der Waals surface area contributed by atoms with Crippen molar-refractivity contribution in [1.82, 2.24) is 10.3 Å². The summed E-state index contributed by atoms with van der Waals surface area (Å²) in [5.74, 6) is -0.249. The number of hydrogen-bond donors (Lipinski definition) is 1. The Bertz CT molecular complexity index is 633. The van der Waals surface area contributed by atoms with Crippen LogP contribution >= 0.6 is 0 Å². The van der Waals surface area contributed by atoms with Crippen molar-refractivity contribution in [2.24, 2.45) is 0 Å². The van der Waals surface area contributed by atoms with Crippen molar-refractivity contribution in [2.75, 3.05) is 7.11 Å². The van der Waals surface area contributed by atoms with Gasteiger partial charge in [0.1, 0.15) is 0 Å². The molecule has 0 saturated heterocycles. The van der Waals surface area contributed by atoms with E-state index in [-0.39, 0.29) is 5.91 Å². The zero-order valence-corrected chi connectivity index (χ0v) is 11.6. The minimum Gasteiger partial charge on any atom is -0.365 e. The summed E-state index contributed by atoms with van der Waals surface area (Å²) in [6.07, 6.45) is 0.888. The molecule has 0 aliphatic rings. The van der Waals surface area contributed by atoms with Gasteiger partial charge in [0, 0.05) is 19.9 Å². The van der Waals surface area contributed by atoms with Gasteiger partial charge in [-0.3, -0.25) is 9.78 Å². The van der Waals surface area contributed by atoms with E-state index >= 15 is 0 Å². The van der Waals surface area contributed by atoms with E-state index in [1.54, 1.807) is 42.6 Å². The lowest BCUT2D eigenvalue weighted by atomic mass is 10.1. The molecule has 21 heavy (non-hydrogen) atoms. The molecule has 1 N–H and O–H groups in total. The molecule has 2 aromatic rings. The average Bonchev–Trinajstić information content (AvgIpc) is 2.55. The summed E-state index contributed by atoms with van der Waals surface area (Å²) < 4.78 is 5.21. The Kier molecular flexibility index (Phi) is 5.02. The highest BCUT2D eigenvalue weighted by Crippen LogP contribution is 2.14. The minimum atomic E-state index is -0.732. The number of ether oxygens (including phenoxy) is 1. The number of nitrogens with zero attached hydrogens (tertiary/aromatic N) is 2. The maximum absolute atomic E-state index is 12.1. The largest absolute Gasteiger partial charge is 0.365 e. The Morgan fingerprint density at radius 3 is 2.67 bits per heavy atom. The molecule has 1 atom stereocenters. The summed E-state index contributed by atoms with van der Waals surface area (Å²) in [5.41, 5.74) is 2.07. The van der Waals surface area contributed by atoms with E-state index in [1.165, 1.54) is 7.11 Å². The predicted octanol–water partition coefficient (Wildman–Crippen LogP) is 1.96. The second kappa shape index (κ2) is 7.17. The second-order valence-electron chi connectivity index (χ2n) is 4.40. The van der Waals surface area contributed by atoms with Crippen LogP contribution in [0.4, 0.5) is 0 Å². The Hall–Kier alpha value is -2.71. The van der Waals surface area contributed by atoms with Crippen LogP contribution in [-0.2, 0) is 16.1 Å². The summed E-state index contributed by atoms with van der Waals surface area (Å²) in [6.45, 7) is 0.372. The Labute approximate surface area is 123 Å². The lowest BCUT2D eigenvalue weighted by Crippen LogP contribution is -2.30. The lowest BCUT2D eigenvalue weighted by Gasteiger charge is -2.14. The molecule has 1 aromatic carbocycles. The quantitative estimate of drug-likeness (QED) is 0.909. The van der Waals surface area contributed by atoms with E-state index in [4.69, 9.17) is 10.00 Å². The van der Waals surface area contributed by atoms with Crippen molar-refractivity contribution in [2.45, 2.75) is 12.6 Å². The normalized spacial score (nSPS) is 11.4. The molecule has 0 aliphatic carbocycles. The summed E-state index contributed by atoms with van der Waals surface area (Å²) in [5, 5.41) is 11.5. The first kappa shape index (κ1) is 14.7. The van der Waals surface area contributed by atoms with Crippen LogP contribution in [0.1, 0.15) is 22.9 Å². The summed E-state index contributed by atoms with van der Waals surface area (Å²) in [4.78, 5) is 16.3. The fourth-order valence-corrected chi connectivity index (χ4v) is 1.87. The smallest absolute Gasteiger partial charge is 0.255 e. The Balaban J connectivity index is 1.98. The van der Waals surface area contributed by atoms with Crippen molar-refractivity contribution >= 4 is 5.91 Å². The molecule has 5 heteroatoms. The van der Waals surface area contributed by atoms with E-state index in [0.717, 1.165) is 5.56 Å². The molecule has 1 heterocycles. The van der Waals surface area contributed by atoms with Gasteiger partial charge in [0.2, 0.25) is 0 Å². The summed E-state index contributed by atoms with van der Waals surface area (Å²) in [6, 6.07) is 14.4. The van der Waals surface area contributed by atoms with Crippen molar-refractivity contribution in [1.29, 1.82) is 5.26 Å². The number of methoxy groups -OCH3 is 1. The SMILES string of the molecule is COC(C(=O)NCc1ccc(C#N)cc1)c1ccccn1. The number of aromatic nitrogens is 1. The van der Waals surface area contributed by atoms with Gasteiger partial charge in [-0.2, -0.15) is 5.26 Å². The fourth-order valence-electron chi connectivity index (χ4n) is 1.87. The van der Waals surface area contributed by atoms with Crippen LogP contribution in [-0.4, -0.2) is 18.0 Å². The molecule has 1 aromatic heterocycles. The minimum absolute atomic E-state index is 0.249. The molecule has 0 spiro atoms. The molecule has 2 rings (SSSR count). The van der Waals surface area contributed by atoms with Crippen molar-refractivity contribution in [3.8, 4) is 6.07 Å². The van der Waals surface area contributed by atoms with E-state index in [2.05, 4.69) is 16.4 Å². The van der Waals surface area contributed by atoms with Crippen LogP contribution in [0.2, 0.25) is 0 Å². The number of carbonyl (C=O) groups is 1. The Morgan fingerprint density at radius 1 is 1.33 bits per heavy atom. The molecule has 0 fully saturated rings. The van der Waals surface area contributed by atoms with E-state index in [1.807, 2.05) is 6.07 Å². The molecule has 1 amide bonds. The van der Waals surface area contributed by atoms with Gasteiger partial charge in [-0.15, -0.1) is 0 Å². The first-order chi connectivity index (χ1) is 10.2. The van der Waals surface area contributed by atoms with E-state index in [0.29, 0.717) is 17.8 Å². The van der Waals surface area contributed by atoms with Crippen molar-refractivity contribution in [3.05, 3.63) is 65.5 Å². The second-order valence-corrected chi connectivity index (χ2v) is 4.40. The fraction of sp³-hybridized carbons (Fsp3) is 0.188. The number of benzene rings is 1. The van der Waals surface area contributed by atoms with Crippen LogP contribution in [0.15, 0.2) is 48.7 Å². The number of carbonyl (C=O) groups excluding carboxylic acids is 1. The third-order valence-corrected chi connectivity index (χ3v) is 2.98. The van der Waals surface area contributed by atoms with Crippen molar-refractivity contribution in [3.63, 3.8) is 0 Å². The monoisotopic (exact) mass is 281 g/mol. The molecule has 106 valence electrons. The standard InChI is InChI=1S/C16H15N3O2/c1-21-15(14-4-2-3-9-18-14)16(20)19-11-13-7-5-12(10-17)6-8-13/h2-9,15H,11H2,1H3,(H,19,20). The van der Waals surface area contributed by atoms with Crippen LogP contribution < -0.4 is 5.32 Å². The molecule has 1 unspecified atom stereocenters. The molecule has 0 saturated carbocycles. The number of hydrogen-bond acceptors (Lipinski definition) is 4. The van der Waals surface area contributed by atoms with Crippen LogP contribution in [0.25, 0.3) is 0 Å². The van der Waals surface area contributed by atoms with Gasteiger partial charge in [0.15, 0.2) is 6.10 Å². The van der Waals surface area contributed by atoms with Gasteiger partial charge in [0.05, 0.1) is 17.3 Å². The molecular formula is C16H15N3O2. The number of amides is 1. The number of nitrogens with one attached hydrogen (secondary N) is 1. The van der Waals surface area contributed by atoms with Gasteiger partial charge in [0.25, 0.3) is 5.91 Å². The third kappa shape index (κ3) is 3.88. The average molecular weight is 281 g/mol. The van der Waals surface area contributed by atoms with Crippen LogP contribution in [0, 0.1) is 11.3 Å². The maximum Gasteiger partial charge on any atom is 0.255 e. The highest BCUT2D eigenvalue weighted by molar-refractivity contribution is 5.81. The molecular weight excluding hydrogens is 266 g/mol. The predicted molar refractivity (Wildman–Crippen MR) is 77.0 cm³/mol. The van der Waals surface area contributed by atoms with Crippen LogP contribution in [0.3, 0.4) is 0 Å². The van der Waals surface area contributed by atoms with E-state index < -0.39 is 6.10 Å². The van der Waals surface area contributed by atoms with Gasteiger partial charge in [-0.1, -0.05) is 18.2 Å². The van der Waals surface area contributed by atoms with Gasteiger partial charge in [-0.05, 0) is 29.8 Å². The maximum atomic E-state index is 12.1. The first-order valence-electron chi connectivity index (χ1n) is 6.45. The molecule has 0 aliphatic heterocycles. The first-order valence-corrected chi connectivity index (χ1v) is 6.45. The van der Waals surface area contributed by atoms with Gasteiger partial charge in [-0.25, -0.2) is 0 Å². The van der Waals surface area contributed by atoms with Crippen LogP contribution in [0.5, 0.6) is 0 Å². The lowest BCUT2D eigenvalue weighted by molar-refractivity contribution is -0.131. The number of pyridine rings is 1. The van der Waals surface area contributed by atoms with Gasteiger partial charge < -0.3 is 10.1 Å². The third-order valence-electron chi connectivity index (χ3n) is 2.98. The highest BCUT2D eigenvalue weighted by Gasteiger charge is 2.20. The van der Waals surface area contributed by atoms with Crippen molar-refractivity contribution < 1.29 is 9.53 Å². The number of nitriles is 1. The zero-order valence-electron chi connectivity index (χ0n) is 11.6. The van der Waals surface area contributed by atoms with E-state index in [9.17, 15) is 4.79 Å². The van der Waals surface area contributed by atoms with Gasteiger partial charge >= 0.3 is 0 Å². The summed E-state index contributed by atoms with van der Waals surface area (Å²) in [7, 11) is 1.47. The highest BCUT2D eigenvalue weighted by atomic mass is 16.5.